The number of halogens is 1. The van der Waals surface area contributed by atoms with Crippen LogP contribution in [0.1, 0.15) is 56.5 Å². The van der Waals surface area contributed by atoms with Crippen LogP contribution in [0.4, 0.5) is 0 Å². The van der Waals surface area contributed by atoms with Crippen molar-refractivity contribution >= 4 is 45.7 Å². The molecule has 7 nitrogen and oxygen atoms in total. The number of thiazole rings is 1. The van der Waals surface area contributed by atoms with Gasteiger partial charge in [0.15, 0.2) is 5.01 Å². The summed E-state index contributed by atoms with van der Waals surface area (Å²) in [5.74, 6) is -0.310. The number of hydrogen-bond donors (Lipinski definition) is 3. The Morgan fingerprint density at radius 1 is 1.16 bits per heavy atom. The van der Waals surface area contributed by atoms with E-state index in [-0.39, 0.29) is 23.9 Å². The highest BCUT2D eigenvalue weighted by molar-refractivity contribution is 7.13. The predicted molar refractivity (Wildman–Crippen MR) is 126 cm³/mol. The van der Waals surface area contributed by atoms with Gasteiger partial charge in [-0.1, -0.05) is 24.4 Å². The summed E-state index contributed by atoms with van der Waals surface area (Å²) in [6, 6.07) is 7.08. The number of nitrogens with one attached hydrogen (secondary N) is 3. The molecule has 1 aromatic carbocycles. The van der Waals surface area contributed by atoms with Crippen LogP contribution < -0.4 is 10.6 Å². The fraction of sp³-hybridized carbons (Fsp3) is 0.435. The molecule has 0 bridgehead atoms. The Morgan fingerprint density at radius 3 is 2.69 bits per heavy atom. The Morgan fingerprint density at radius 2 is 1.91 bits per heavy atom. The molecule has 3 heterocycles. The molecule has 32 heavy (non-hydrogen) atoms. The minimum absolute atomic E-state index is 0.109. The van der Waals surface area contributed by atoms with E-state index < -0.39 is 0 Å². The number of H-pyrrole nitrogens is 1. The lowest BCUT2D eigenvalue weighted by Crippen LogP contribution is -2.53. The third-order valence-corrected chi connectivity index (χ3v) is 7.66. The third-order valence-electron chi connectivity index (χ3n) is 6.34. The first-order valence-electron chi connectivity index (χ1n) is 11.0. The molecule has 9 heteroatoms. The van der Waals surface area contributed by atoms with Gasteiger partial charge in [-0.25, -0.2) is 4.98 Å². The molecule has 2 amide bonds. The maximum Gasteiger partial charge on any atom is 0.280 e. The Hall–Kier alpha value is -2.42. The fourth-order valence-electron chi connectivity index (χ4n) is 4.60. The number of benzene rings is 1. The van der Waals surface area contributed by atoms with Crippen LogP contribution >= 0.6 is 22.9 Å². The number of aromatic nitrogens is 2. The summed E-state index contributed by atoms with van der Waals surface area (Å²) in [5, 5.41) is 8.33. The van der Waals surface area contributed by atoms with Crippen molar-refractivity contribution < 1.29 is 9.59 Å². The van der Waals surface area contributed by atoms with Gasteiger partial charge in [0, 0.05) is 52.4 Å². The van der Waals surface area contributed by atoms with Crippen molar-refractivity contribution in [3.63, 3.8) is 0 Å². The number of nitrogens with zero attached hydrogens (tertiary/aromatic N) is 2. The molecule has 1 aliphatic carbocycles. The van der Waals surface area contributed by atoms with Gasteiger partial charge in [-0.05, 0) is 44.2 Å². The van der Waals surface area contributed by atoms with Gasteiger partial charge in [-0.2, -0.15) is 0 Å². The summed E-state index contributed by atoms with van der Waals surface area (Å²) in [7, 11) is 2.08. The normalized spacial score (nSPS) is 21.3. The molecule has 3 aromatic rings. The quantitative estimate of drug-likeness (QED) is 0.540. The van der Waals surface area contributed by atoms with Gasteiger partial charge in [0.1, 0.15) is 5.69 Å². The molecule has 0 spiro atoms. The average Bonchev–Trinajstić information content (AvgIpc) is 3.38. The smallest absolute Gasteiger partial charge is 0.280 e. The van der Waals surface area contributed by atoms with Crippen LogP contribution in [0.15, 0.2) is 24.3 Å². The summed E-state index contributed by atoms with van der Waals surface area (Å²) < 4.78 is 0. The van der Waals surface area contributed by atoms with Gasteiger partial charge in [0.05, 0.1) is 5.69 Å². The molecule has 1 saturated carbocycles. The van der Waals surface area contributed by atoms with E-state index >= 15 is 0 Å². The van der Waals surface area contributed by atoms with Crippen molar-refractivity contribution in [3.05, 3.63) is 50.6 Å². The lowest BCUT2D eigenvalue weighted by atomic mass is 9.90. The highest BCUT2D eigenvalue weighted by Crippen LogP contribution is 2.26. The number of likely N-dealkylation sites (N-methyl/N-ethyl adjacent to an activating group) is 1. The standard InChI is InChI=1S/C23H26ClN5O2S/c1-29-9-8-18-20(12-29)32-23(28-18)22(31)27-17-5-3-2-4-16(17)26-21(30)19-11-13-10-14(24)6-7-15(13)25-19/h6-7,10-11,16-17,25H,2-5,8-9,12H2,1H3,(H,26,30)(H,27,31)/t16-,17-/m0/s1. The molecule has 2 atom stereocenters. The number of rotatable bonds is 4. The highest BCUT2D eigenvalue weighted by atomic mass is 35.5. The first kappa shape index (κ1) is 21.4. The van der Waals surface area contributed by atoms with Crippen molar-refractivity contribution in [1.29, 1.82) is 0 Å². The topological polar surface area (TPSA) is 90.1 Å². The molecule has 0 unspecified atom stereocenters. The fourth-order valence-corrected chi connectivity index (χ4v) is 5.87. The van der Waals surface area contributed by atoms with Crippen LogP contribution in [0.2, 0.25) is 5.02 Å². The summed E-state index contributed by atoms with van der Waals surface area (Å²) in [6.07, 6.45) is 4.61. The van der Waals surface area contributed by atoms with Crippen LogP contribution in [-0.4, -0.2) is 52.4 Å². The van der Waals surface area contributed by atoms with E-state index in [1.807, 2.05) is 18.2 Å². The molecule has 3 N–H and O–H groups in total. The van der Waals surface area contributed by atoms with Gasteiger partial charge in [-0.3, -0.25) is 9.59 Å². The number of carbonyl (C=O) groups is 2. The van der Waals surface area contributed by atoms with Crippen LogP contribution in [0.25, 0.3) is 10.9 Å². The average molecular weight is 472 g/mol. The van der Waals surface area contributed by atoms with E-state index in [0.717, 1.165) is 61.8 Å². The van der Waals surface area contributed by atoms with Gasteiger partial charge in [-0.15, -0.1) is 11.3 Å². The second-order valence-corrected chi connectivity index (χ2v) is 10.3. The molecule has 168 valence electrons. The zero-order chi connectivity index (χ0) is 22.2. The number of amides is 2. The molecule has 2 aliphatic rings. The Bertz CT molecular complexity index is 1170. The van der Waals surface area contributed by atoms with E-state index in [9.17, 15) is 9.59 Å². The van der Waals surface area contributed by atoms with Crippen molar-refractivity contribution in [2.75, 3.05) is 13.6 Å². The maximum atomic E-state index is 13.0. The maximum absolute atomic E-state index is 13.0. The van der Waals surface area contributed by atoms with Crippen LogP contribution in [0.3, 0.4) is 0 Å². The SMILES string of the molecule is CN1CCc2nc(C(=O)N[C@H]3CCCC[C@@H]3NC(=O)c3cc4cc(Cl)ccc4[nH]3)sc2C1. The van der Waals surface area contributed by atoms with Gasteiger partial charge in [0.2, 0.25) is 0 Å². The number of aromatic amines is 1. The lowest BCUT2D eigenvalue weighted by Gasteiger charge is -2.32. The number of hydrogen-bond acceptors (Lipinski definition) is 5. The van der Waals surface area contributed by atoms with E-state index in [2.05, 4.69) is 32.5 Å². The van der Waals surface area contributed by atoms with Crippen molar-refractivity contribution in [1.82, 2.24) is 25.5 Å². The summed E-state index contributed by atoms with van der Waals surface area (Å²) in [5.41, 5.74) is 2.41. The van der Waals surface area contributed by atoms with E-state index in [1.54, 1.807) is 6.07 Å². The predicted octanol–water partition coefficient (Wildman–Crippen LogP) is 3.74. The summed E-state index contributed by atoms with van der Waals surface area (Å²) in [4.78, 5) is 37.1. The largest absolute Gasteiger partial charge is 0.351 e. The zero-order valence-electron chi connectivity index (χ0n) is 17.9. The first-order valence-corrected chi connectivity index (χ1v) is 12.2. The van der Waals surface area contributed by atoms with Gasteiger partial charge in [0.25, 0.3) is 11.8 Å². The Kier molecular flexibility index (Phi) is 5.92. The molecule has 5 rings (SSSR count). The van der Waals surface area contributed by atoms with Crippen LogP contribution in [0.5, 0.6) is 0 Å². The lowest BCUT2D eigenvalue weighted by molar-refractivity contribution is 0.0860. The van der Waals surface area contributed by atoms with Crippen LogP contribution in [0, 0.1) is 0 Å². The molecule has 1 aliphatic heterocycles. The van der Waals surface area contributed by atoms with Crippen molar-refractivity contribution in [2.24, 2.45) is 0 Å². The van der Waals surface area contributed by atoms with E-state index in [1.165, 1.54) is 16.2 Å². The molecular formula is C23H26ClN5O2S. The second kappa shape index (κ2) is 8.84. The molecule has 2 aromatic heterocycles. The molecule has 0 radical (unpaired) electrons. The van der Waals surface area contributed by atoms with E-state index in [0.29, 0.717) is 15.7 Å². The third kappa shape index (κ3) is 4.40. The zero-order valence-corrected chi connectivity index (χ0v) is 19.5. The summed E-state index contributed by atoms with van der Waals surface area (Å²) >= 11 is 7.54. The van der Waals surface area contributed by atoms with Gasteiger partial charge >= 0.3 is 0 Å². The number of fused-ring (bicyclic) bond motifs is 2. The Labute approximate surface area is 195 Å². The molecule has 1 fully saturated rings. The molecular weight excluding hydrogens is 446 g/mol. The van der Waals surface area contributed by atoms with Crippen LogP contribution in [-0.2, 0) is 13.0 Å². The number of carbonyl (C=O) groups excluding carboxylic acids is 2. The van der Waals surface area contributed by atoms with E-state index in [4.69, 9.17) is 11.6 Å². The minimum atomic E-state index is -0.170. The van der Waals surface area contributed by atoms with Crippen molar-refractivity contribution in [2.45, 2.75) is 50.7 Å². The van der Waals surface area contributed by atoms with Gasteiger partial charge < -0.3 is 20.5 Å². The van der Waals surface area contributed by atoms with Crippen molar-refractivity contribution in [3.8, 4) is 0 Å². The highest BCUT2D eigenvalue weighted by Gasteiger charge is 2.30. The Balaban J connectivity index is 1.27. The molecule has 0 saturated heterocycles. The first-order chi connectivity index (χ1) is 15.5. The minimum Gasteiger partial charge on any atom is -0.351 e. The monoisotopic (exact) mass is 471 g/mol. The summed E-state index contributed by atoms with van der Waals surface area (Å²) in [6.45, 7) is 1.81. The second-order valence-electron chi connectivity index (χ2n) is 8.74.